The molecule has 2 aromatic rings. The molecule has 0 bridgehead atoms. The molecule has 0 unspecified atom stereocenters. The average molecular weight is 407 g/mol. The van der Waals surface area contributed by atoms with Crippen LogP contribution < -0.4 is 0 Å². The van der Waals surface area contributed by atoms with Crippen molar-refractivity contribution in [1.29, 1.82) is 0 Å². The van der Waals surface area contributed by atoms with Gasteiger partial charge in [-0.25, -0.2) is 22.4 Å². The Hall–Kier alpha value is -2.57. The van der Waals surface area contributed by atoms with E-state index in [1.165, 1.54) is 17.0 Å². The number of carbonyl (C=O) groups excluding carboxylic acids is 1. The predicted molar refractivity (Wildman–Crippen MR) is 99.3 cm³/mol. The first-order chi connectivity index (χ1) is 13.5. The van der Waals surface area contributed by atoms with Crippen LogP contribution in [0.2, 0.25) is 0 Å². The van der Waals surface area contributed by atoms with Crippen LogP contribution in [-0.2, 0) is 16.7 Å². The van der Waals surface area contributed by atoms with Crippen molar-refractivity contribution in [3.05, 3.63) is 58.7 Å². The van der Waals surface area contributed by atoms with Crippen LogP contribution in [0.1, 0.15) is 44.7 Å². The van der Waals surface area contributed by atoms with Gasteiger partial charge in [0.2, 0.25) is 0 Å². The normalized spacial score (nSPS) is 17.3. The monoisotopic (exact) mass is 407 g/mol. The molecule has 1 amide bonds. The molecule has 0 aromatic heterocycles. The highest BCUT2D eigenvalue weighted by Crippen LogP contribution is 2.55. The third kappa shape index (κ3) is 3.47. The van der Waals surface area contributed by atoms with E-state index >= 15 is 0 Å². The van der Waals surface area contributed by atoms with Crippen LogP contribution in [0.15, 0.2) is 24.3 Å². The summed E-state index contributed by atoms with van der Waals surface area (Å²) in [5.41, 5.74) is -0.340. The van der Waals surface area contributed by atoms with E-state index in [1.54, 1.807) is 20.8 Å². The average Bonchev–Trinajstić information content (AvgIpc) is 3.36. The highest BCUT2D eigenvalue weighted by molar-refractivity contribution is 5.75. The van der Waals surface area contributed by atoms with Gasteiger partial charge < -0.3 is 9.64 Å². The van der Waals surface area contributed by atoms with Crippen molar-refractivity contribution in [2.45, 2.75) is 51.2 Å². The lowest BCUT2D eigenvalue weighted by Crippen LogP contribution is -2.44. The number of fused-ring (bicyclic) bond motifs is 2. The van der Waals surface area contributed by atoms with Crippen LogP contribution in [-0.4, -0.2) is 23.1 Å². The molecule has 1 aliphatic heterocycles. The summed E-state index contributed by atoms with van der Waals surface area (Å²) in [5, 5.41) is 0. The van der Waals surface area contributed by atoms with E-state index in [9.17, 15) is 22.4 Å². The van der Waals surface area contributed by atoms with Crippen LogP contribution in [0.3, 0.4) is 0 Å². The van der Waals surface area contributed by atoms with Gasteiger partial charge in [0, 0.05) is 29.2 Å². The minimum atomic E-state index is -1.30. The summed E-state index contributed by atoms with van der Waals surface area (Å²) in [5.74, 6) is -3.87. The molecule has 0 radical (unpaired) electrons. The molecule has 3 nitrogen and oxygen atoms in total. The van der Waals surface area contributed by atoms with Crippen molar-refractivity contribution in [2.24, 2.45) is 0 Å². The van der Waals surface area contributed by atoms with Gasteiger partial charge in [-0.1, -0.05) is 6.07 Å². The smallest absolute Gasteiger partial charge is 0.410 e. The van der Waals surface area contributed by atoms with Gasteiger partial charge in [-0.15, -0.1) is 0 Å². The minimum absolute atomic E-state index is 0.00245. The molecule has 0 N–H and O–H groups in total. The fourth-order valence-corrected chi connectivity index (χ4v) is 4.04. The fourth-order valence-electron chi connectivity index (χ4n) is 4.04. The number of hydrogen-bond acceptors (Lipinski definition) is 2. The Labute approximate surface area is 166 Å². The Bertz CT molecular complexity index is 1010. The Morgan fingerprint density at radius 2 is 1.62 bits per heavy atom. The number of nitrogens with zero attached hydrogens (tertiary/aromatic N) is 1. The molecule has 1 heterocycles. The van der Waals surface area contributed by atoms with Crippen LogP contribution in [0.25, 0.3) is 11.1 Å². The van der Waals surface area contributed by atoms with Crippen molar-refractivity contribution in [1.82, 2.24) is 4.90 Å². The molecule has 154 valence electrons. The van der Waals surface area contributed by atoms with Crippen LogP contribution >= 0.6 is 0 Å². The molecule has 4 rings (SSSR count). The summed E-state index contributed by atoms with van der Waals surface area (Å²) >= 11 is 0. The number of rotatable bonds is 1. The maximum absolute atomic E-state index is 14.8. The van der Waals surface area contributed by atoms with Gasteiger partial charge in [0.05, 0.1) is 6.54 Å². The molecule has 0 saturated heterocycles. The lowest BCUT2D eigenvalue weighted by atomic mass is 9.82. The van der Waals surface area contributed by atoms with Crippen LogP contribution in [0.4, 0.5) is 22.4 Å². The van der Waals surface area contributed by atoms with Crippen molar-refractivity contribution >= 4 is 6.09 Å². The first-order valence-electron chi connectivity index (χ1n) is 9.45. The Balaban J connectivity index is 1.84. The zero-order chi connectivity index (χ0) is 21.1. The van der Waals surface area contributed by atoms with E-state index in [0.29, 0.717) is 36.6 Å². The molecule has 7 heteroatoms. The number of hydrogen-bond donors (Lipinski definition) is 0. The Kier molecular flexibility index (Phi) is 4.40. The number of halogens is 4. The van der Waals surface area contributed by atoms with Gasteiger partial charge >= 0.3 is 6.09 Å². The molecule has 2 aliphatic rings. The second-order valence-electron chi connectivity index (χ2n) is 8.81. The number of amides is 1. The fraction of sp³-hybridized carbons (Fsp3) is 0.409. The van der Waals surface area contributed by atoms with Crippen molar-refractivity contribution in [3.63, 3.8) is 0 Å². The molecule has 1 saturated carbocycles. The van der Waals surface area contributed by atoms with E-state index in [0.717, 1.165) is 6.07 Å². The summed E-state index contributed by atoms with van der Waals surface area (Å²) in [6.07, 6.45) is 0.815. The second-order valence-corrected chi connectivity index (χ2v) is 8.81. The number of benzene rings is 2. The largest absolute Gasteiger partial charge is 0.444 e. The summed E-state index contributed by atoms with van der Waals surface area (Å²) in [4.78, 5) is 14.1. The van der Waals surface area contributed by atoms with Gasteiger partial charge in [0.25, 0.3) is 0 Å². The van der Waals surface area contributed by atoms with Gasteiger partial charge in [-0.05, 0) is 56.9 Å². The van der Waals surface area contributed by atoms with Gasteiger partial charge in [-0.3, -0.25) is 0 Å². The quantitative estimate of drug-likeness (QED) is 0.449. The van der Waals surface area contributed by atoms with Crippen molar-refractivity contribution in [3.8, 4) is 11.1 Å². The molecular formula is C22H21F4NO2. The summed E-state index contributed by atoms with van der Waals surface area (Å²) in [7, 11) is 0. The van der Waals surface area contributed by atoms with Crippen molar-refractivity contribution in [2.75, 3.05) is 6.54 Å². The van der Waals surface area contributed by atoms with Crippen LogP contribution in [0, 0.1) is 23.3 Å². The molecule has 1 fully saturated rings. The van der Waals surface area contributed by atoms with Crippen LogP contribution in [0.5, 0.6) is 0 Å². The zero-order valence-corrected chi connectivity index (χ0v) is 16.4. The molecule has 1 spiro atoms. The Morgan fingerprint density at radius 1 is 0.966 bits per heavy atom. The molecule has 29 heavy (non-hydrogen) atoms. The number of ether oxygens (including phenoxy) is 1. The van der Waals surface area contributed by atoms with Gasteiger partial charge in [-0.2, -0.15) is 0 Å². The zero-order valence-electron chi connectivity index (χ0n) is 16.4. The summed E-state index contributed by atoms with van der Waals surface area (Å²) < 4.78 is 61.9. The molecular weight excluding hydrogens is 386 g/mol. The highest BCUT2D eigenvalue weighted by Gasteiger charge is 2.52. The topological polar surface area (TPSA) is 29.5 Å². The third-order valence-electron chi connectivity index (χ3n) is 5.44. The second kappa shape index (κ2) is 6.47. The first-order valence-corrected chi connectivity index (χ1v) is 9.45. The third-order valence-corrected chi connectivity index (χ3v) is 5.44. The van der Waals surface area contributed by atoms with Gasteiger partial charge in [0.15, 0.2) is 11.6 Å². The molecule has 0 atom stereocenters. The maximum atomic E-state index is 14.8. The van der Waals surface area contributed by atoms with E-state index in [4.69, 9.17) is 4.74 Å². The van der Waals surface area contributed by atoms with Gasteiger partial charge in [0.1, 0.15) is 17.2 Å². The lowest BCUT2D eigenvalue weighted by Gasteiger charge is -2.37. The lowest BCUT2D eigenvalue weighted by molar-refractivity contribution is 0.0195. The van der Waals surface area contributed by atoms with E-state index in [1.807, 2.05) is 0 Å². The minimum Gasteiger partial charge on any atom is -0.444 e. The molecule has 2 aromatic carbocycles. The van der Waals surface area contributed by atoms with E-state index < -0.39 is 40.4 Å². The molecule has 1 aliphatic carbocycles. The first kappa shape index (κ1) is 19.7. The maximum Gasteiger partial charge on any atom is 0.410 e. The van der Waals surface area contributed by atoms with E-state index in [-0.39, 0.29) is 17.7 Å². The Morgan fingerprint density at radius 3 is 2.24 bits per heavy atom. The summed E-state index contributed by atoms with van der Waals surface area (Å²) in [6, 6.07) is 3.81. The van der Waals surface area contributed by atoms with E-state index in [2.05, 4.69) is 0 Å². The summed E-state index contributed by atoms with van der Waals surface area (Å²) in [6.45, 7) is 5.54. The van der Waals surface area contributed by atoms with Crippen molar-refractivity contribution < 1.29 is 27.1 Å². The highest BCUT2D eigenvalue weighted by atomic mass is 19.2. The predicted octanol–water partition coefficient (Wildman–Crippen LogP) is 5.69. The standard InChI is InChI=1S/C22H21F4NO2/c1-21(2,3)29-20(28)27-10-14-12(13-8-17(25)18(26)9-16(13)24)4-5-15(23)19(14)22(11-27)6-7-22/h4-5,8-9H,6-7,10-11H2,1-3H3. The number of carbonyl (C=O) groups is 1. The SMILES string of the molecule is CC(C)(C)OC(=O)N1Cc2c(-c3cc(F)c(F)cc3F)ccc(F)c2C2(CC2)C1.